The average molecular weight is 608 g/mol. The van der Waals surface area contributed by atoms with Crippen molar-refractivity contribution in [1.29, 1.82) is 0 Å². The summed E-state index contributed by atoms with van der Waals surface area (Å²) in [6.45, 7) is 0. The van der Waals surface area contributed by atoms with Gasteiger partial charge in [0.1, 0.15) is 22.1 Å². The van der Waals surface area contributed by atoms with E-state index in [1.54, 1.807) is 11.4 Å². The molecule has 0 fully saturated rings. The van der Waals surface area contributed by atoms with Gasteiger partial charge in [0.15, 0.2) is 0 Å². The lowest BCUT2D eigenvalue weighted by Gasteiger charge is -2.12. The van der Waals surface area contributed by atoms with Crippen molar-refractivity contribution < 1.29 is 23.8 Å². The van der Waals surface area contributed by atoms with Gasteiger partial charge in [-0.3, -0.25) is 4.79 Å². The molecule has 2 aromatic carbocycles. The molecule has 3 rings (SSSR count). The standard InChI is InChI=1S/C19H11Br3FNO4S/c1-28-16-12(20)6-10(14(21)15(16)22)17(25)24-18-13(19(26)27)11(7-29-18)8-2-4-9(23)5-3-8/h2-7H,1H3,(H,24,25)(H,26,27). The maximum atomic E-state index is 13.2. The van der Waals surface area contributed by atoms with Crippen LogP contribution in [0.3, 0.4) is 0 Å². The molecular weight excluding hydrogens is 597 g/mol. The van der Waals surface area contributed by atoms with Gasteiger partial charge in [0.25, 0.3) is 5.91 Å². The molecule has 150 valence electrons. The van der Waals surface area contributed by atoms with Gasteiger partial charge in [-0.05, 0) is 71.6 Å². The third-order valence-corrected chi connectivity index (χ3v) is 7.55. The summed E-state index contributed by atoms with van der Waals surface area (Å²) in [5, 5.41) is 14.1. The van der Waals surface area contributed by atoms with Gasteiger partial charge >= 0.3 is 5.97 Å². The Bertz CT molecular complexity index is 1120. The molecule has 1 amide bonds. The molecule has 1 heterocycles. The first-order chi connectivity index (χ1) is 13.7. The number of nitrogens with one attached hydrogen (secondary N) is 1. The molecule has 0 saturated carbocycles. The number of anilines is 1. The summed E-state index contributed by atoms with van der Waals surface area (Å²) in [4.78, 5) is 24.7. The molecule has 0 bridgehead atoms. The van der Waals surface area contributed by atoms with Crippen molar-refractivity contribution in [1.82, 2.24) is 0 Å². The van der Waals surface area contributed by atoms with Gasteiger partial charge in [-0.2, -0.15) is 0 Å². The second-order valence-corrected chi connectivity index (χ2v) is 9.01. The van der Waals surface area contributed by atoms with Crippen LogP contribution < -0.4 is 10.1 Å². The number of hydrogen-bond acceptors (Lipinski definition) is 4. The molecule has 0 saturated heterocycles. The molecule has 29 heavy (non-hydrogen) atoms. The zero-order valence-electron chi connectivity index (χ0n) is 14.6. The van der Waals surface area contributed by atoms with E-state index in [1.807, 2.05) is 0 Å². The number of carboxylic acid groups (broad SMARTS) is 1. The number of benzene rings is 2. The number of amides is 1. The van der Waals surface area contributed by atoms with E-state index in [-0.39, 0.29) is 16.1 Å². The number of carboxylic acids is 1. The zero-order chi connectivity index (χ0) is 21.3. The predicted molar refractivity (Wildman–Crippen MR) is 121 cm³/mol. The minimum atomic E-state index is -1.20. The van der Waals surface area contributed by atoms with Crippen LogP contribution in [0.4, 0.5) is 9.39 Å². The number of carbonyl (C=O) groups excluding carboxylic acids is 1. The van der Waals surface area contributed by atoms with Crippen LogP contribution in [0.1, 0.15) is 20.7 Å². The number of rotatable bonds is 5. The first-order valence-electron chi connectivity index (χ1n) is 7.88. The number of hydrogen-bond donors (Lipinski definition) is 2. The Balaban J connectivity index is 2.00. The highest BCUT2D eigenvalue weighted by molar-refractivity contribution is 9.13. The zero-order valence-corrected chi connectivity index (χ0v) is 20.1. The fourth-order valence-corrected chi connectivity index (χ4v) is 5.48. The molecule has 0 spiro atoms. The Kier molecular flexibility index (Phi) is 6.77. The number of thiophene rings is 1. The highest BCUT2D eigenvalue weighted by atomic mass is 79.9. The summed E-state index contributed by atoms with van der Waals surface area (Å²) in [7, 11) is 1.50. The lowest BCUT2D eigenvalue weighted by molar-refractivity contribution is 0.0699. The molecule has 0 radical (unpaired) electrons. The smallest absolute Gasteiger partial charge is 0.339 e. The Morgan fingerprint density at radius 1 is 1.14 bits per heavy atom. The van der Waals surface area contributed by atoms with Crippen LogP contribution in [-0.4, -0.2) is 24.1 Å². The van der Waals surface area contributed by atoms with Crippen molar-refractivity contribution in [3.8, 4) is 16.9 Å². The molecule has 0 atom stereocenters. The fraction of sp³-hybridized carbons (Fsp3) is 0.0526. The summed E-state index contributed by atoms with van der Waals surface area (Å²) in [6.07, 6.45) is 0. The first-order valence-corrected chi connectivity index (χ1v) is 11.1. The lowest BCUT2D eigenvalue weighted by atomic mass is 10.0. The molecule has 0 aliphatic carbocycles. The van der Waals surface area contributed by atoms with Crippen LogP contribution in [-0.2, 0) is 0 Å². The van der Waals surface area contributed by atoms with E-state index in [0.29, 0.717) is 30.3 Å². The Morgan fingerprint density at radius 2 is 1.79 bits per heavy atom. The third-order valence-electron chi connectivity index (χ3n) is 3.95. The Morgan fingerprint density at radius 3 is 2.38 bits per heavy atom. The largest absolute Gasteiger partial charge is 0.494 e. The van der Waals surface area contributed by atoms with Gasteiger partial charge in [-0.15, -0.1) is 11.3 Å². The first kappa shape index (κ1) is 21.9. The molecule has 1 aromatic heterocycles. The van der Waals surface area contributed by atoms with E-state index in [1.165, 1.54) is 31.4 Å². The number of halogens is 4. The van der Waals surface area contributed by atoms with Crippen molar-refractivity contribution in [3.63, 3.8) is 0 Å². The van der Waals surface area contributed by atoms with E-state index in [0.717, 1.165) is 11.3 Å². The molecular formula is C19H11Br3FNO4S. The average Bonchev–Trinajstić information content (AvgIpc) is 3.09. The van der Waals surface area contributed by atoms with Crippen LogP contribution in [0, 0.1) is 5.82 Å². The number of carbonyl (C=O) groups is 2. The second-order valence-electron chi connectivity index (χ2n) is 5.69. The van der Waals surface area contributed by atoms with Gasteiger partial charge in [-0.25, -0.2) is 9.18 Å². The normalized spacial score (nSPS) is 10.7. The van der Waals surface area contributed by atoms with E-state index in [2.05, 4.69) is 53.1 Å². The van der Waals surface area contributed by atoms with E-state index in [4.69, 9.17) is 4.74 Å². The van der Waals surface area contributed by atoms with Crippen LogP contribution in [0.25, 0.3) is 11.1 Å². The second kappa shape index (κ2) is 8.95. The summed E-state index contributed by atoms with van der Waals surface area (Å²) in [5.74, 6) is -1.61. The van der Waals surface area contributed by atoms with Gasteiger partial charge in [-0.1, -0.05) is 12.1 Å². The van der Waals surface area contributed by atoms with Crippen LogP contribution in [0.2, 0.25) is 0 Å². The number of ether oxygens (including phenoxy) is 1. The highest BCUT2D eigenvalue weighted by Gasteiger charge is 2.24. The summed E-state index contributed by atoms with van der Waals surface area (Å²) < 4.78 is 20.0. The van der Waals surface area contributed by atoms with Crippen molar-refractivity contribution in [3.05, 3.63) is 66.1 Å². The molecule has 0 aliphatic heterocycles. The van der Waals surface area contributed by atoms with Gasteiger partial charge in [0.2, 0.25) is 0 Å². The SMILES string of the molecule is COc1c(Br)cc(C(=O)Nc2scc(-c3ccc(F)cc3)c2C(=O)O)c(Br)c1Br. The van der Waals surface area contributed by atoms with Gasteiger partial charge < -0.3 is 15.2 Å². The predicted octanol–water partition coefficient (Wildman–Crippen LogP) is 6.80. The summed E-state index contributed by atoms with van der Waals surface area (Å²) >= 11 is 11.2. The minimum absolute atomic E-state index is 0.0577. The van der Waals surface area contributed by atoms with E-state index >= 15 is 0 Å². The van der Waals surface area contributed by atoms with Crippen LogP contribution in [0.15, 0.2) is 49.1 Å². The monoisotopic (exact) mass is 605 g/mol. The Hall–Kier alpha value is -1.75. The Labute approximate surface area is 194 Å². The number of methoxy groups -OCH3 is 1. The van der Waals surface area contributed by atoms with Crippen LogP contribution >= 0.6 is 59.1 Å². The van der Waals surface area contributed by atoms with Crippen molar-refractivity contribution in [2.24, 2.45) is 0 Å². The van der Waals surface area contributed by atoms with Crippen molar-refractivity contribution in [2.45, 2.75) is 0 Å². The van der Waals surface area contributed by atoms with Crippen LogP contribution in [0.5, 0.6) is 5.75 Å². The highest BCUT2D eigenvalue weighted by Crippen LogP contribution is 2.42. The number of aromatic carboxylic acids is 1. The molecule has 3 aromatic rings. The van der Waals surface area contributed by atoms with Gasteiger partial charge in [0.05, 0.1) is 21.6 Å². The lowest BCUT2D eigenvalue weighted by Crippen LogP contribution is -2.14. The maximum Gasteiger partial charge on any atom is 0.339 e. The minimum Gasteiger partial charge on any atom is -0.494 e. The summed E-state index contributed by atoms with van der Waals surface area (Å²) in [6, 6.07) is 7.05. The fourth-order valence-electron chi connectivity index (χ4n) is 2.61. The maximum absolute atomic E-state index is 13.2. The molecule has 10 heteroatoms. The van der Waals surface area contributed by atoms with E-state index < -0.39 is 17.7 Å². The van der Waals surface area contributed by atoms with Crippen molar-refractivity contribution >= 4 is 76.0 Å². The third kappa shape index (κ3) is 4.40. The van der Waals surface area contributed by atoms with Crippen molar-refractivity contribution in [2.75, 3.05) is 12.4 Å². The summed E-state index contributed by atoms with van der Waals surface area (Å²) in [5.41, 5.74) is 1.15. The molecule has 2 N–H and O–H groups in total. The molecule has 0 aliphatic rings. The van der Waals surface area contributed by atoms with Gasteiger partial charge in [0, 0.05) is 15.4 Å². The molecule has 5 nitrogen and oxygen atoms in total. The quantitative estimate of drug-likeness (QED) is 0.313. The topological polar surface area (TPSA) is 75.6 Å². The van der Waals surface area contributed by atoms with E-state index in [9.17, 15) is 19.1 Å². The molecule has 0 unspecified atom stereocenters.